The van der Waals surface area contributed by atoms with E-state index in [9.17, 15) is 4.79 Å². The summed E-state index contributed by atoms with van der Waals surface area (Å²) in [6.07, 6.45) is 1.70. The molecule has 1 heterocycles. The van der Waals surface area contributed by atoms with E-state index in [1.54, 1.807) is 18.0 Å². The Hall–Kier alpha value is -3.28. The number of rotatable bonds is 7. The van der Waals surface area contributed by atoms with Gasteiger partial charge in [0.1, 0.15) is 0 Å². The van der Waals surface area contributed by atoms with Crippen molar-refractivity contribution in [1.29, 1.82) is 0 Å². The summed E-state index contributed by atoms with van der Waals surface area (Å²) in [5.74, 6) is 0.582. The Bertz CT molecular complexity index is 1330. The van der Waals surface area contributed by atoms with Crippen LogP contribution in [-0.4, -0.2) is 16.7 Å². The number of aromatic nitrogens is 1. The highest BCUT2D eigenvalue weighted by Crippen LogP contribution is 2.25. The second kappa shape index (κ2) is 10.8. The van der Waals surface area contributed by atoms with E-state index < -0.39 is 0 Å². The van der Waals surface area contributed by atoms with Gasteiger partial charge in [-0.1, -0.05) is 41.9 Å². The van der Waals surface area contributed by atoms with Gasteiger partial charge in [-0.05, 0) is 80.4 Å². The maximum Gasteiger partial charge on any atom is 0.271 e. The lowest BCUT2D eigenvalue weighted by Gasteiger charge is -2.12. The van der Waals surface area contributed by atoms with Gasteiger partial charge >= 0.3 is 0 Å². The number of halogens is 1. The zero-order chi connectivity index (χ0) is 24.1. The number of carbonyl (C=O) groups excluding carboxylic acids is 1. The van der Waals surface area contributed by atoms with E-state index in [-0.39, 0.29) is 5.91 Å². The van der Waals surface area contributed by atoms with Crippen LogP contribution < -0.4 is 5.43 Å². The minimum absolute atomic E-state index is 0.235. The molecule has 4 aromatic rings. The average molecular weight is 488 g/mol. The fraction of sp³-hybridized carbons (Fsp3) is 0.143. The largest absolute Gasteiger partial charge is 0.318 e. The Morgan fingerprint density at radius 3 is 2.41 bits per heavy atom. The summed E-state index contributed by atoms with van der Waals surface area (Å²) < 4.78 is 2.21. The number of nitrogens with one attached hydrogen (secondary N) is 1. The lowest BCUT2D eigenvalue weighted by molar-refractivity contribution is 0.0955. The van der Waals surface area contributed by atoms with Crippen LogP contribution in [0.25, 0.3) is 5.69 Å². The van der Waals surface area contributed by atoms with Gasteiger partial charge < -0.3 is 4.57 Å². The Morgan fingerprint density at radius 1 is 1.00 bits per heavy atom. The number of benzene rings is 3. The van der Waals surface area contributed by atoms with E-state index in [2.05, 4.69) is 54.1 Å². The van der Waals surface area contributed by atoms with Crippen LogP contribution in [0, 0.1) is 20.8 Å². The number of hydrogen-bond acceptors (Lipinski definition) is 3. The summed E-state index contributed by atoms with van der Waals surface area (Å²) in [7, 11) is 0. The molecule has 172 valence electrons. The van der Waals surface area contributed by atoms with Crippen molar-refractivity contribution < 1.29 is 4.79 Å². The molecule has 34 heavy (non-hydrogen) atoms. The molecule has 0 aliphatic carbocycles. The summed E-state index contributed by atoms with van der Waals surface area (Å²) in [5.41, 5.74) is 9.87. The smallest absolute Gasteiger partial charge is 0.271 e. The number of nitrogens with zero attached hydrogens (tertiary/aromatic N) is 2. The quantitative estimate of drug-likeness (QED) is 0.171. The van der Waals surface area contributed by atoms with E-state index in [1.807, 2.05) is 60.7 Å². The molecule has 0 spiro atoms. The first-order valence-corrected chi connectivity index (χ1v) is 12.3. The molecular weight excluding hydrogens is 462 g/mol. The summed E-state index contributed by atoms with van der Waals surface area (Å²) in [4.78, 5) is 13.7. The number of hydrogen-bond donors (Lipinski definition) is 1. The van der Waals surface area contributed by atoms with Gasteiger partial charge in [0.25, 0.3) is 5.91 Å². The Balaban J connectivity index is 1.37. The second-order valence-corrected chi connectivity index (χ2v) is 9.57. The Morgan fingerprint density at radius 2 is 1.71 bits per heavy atom. The summed E-state index contributed by atoms with van der Waals surface area (Å²) in [5, 5.41) is 4.93. The van der Waals surface area contributed by atoms with E-state index in [4.69, 9.17) is 11.6 Å². The SMILES string of the molecule is Cc1ccccc1-n1c(C)cc(/C=N\NC(=O)c2ccc(CSc3ccc(Cl)cc3)cc2)c1C. The molecule has 6 heteroatoms. The van der Waals surface area contributed by atoms with Gasteiger partial charge in [-0.3, -0.25) is 4.79 Å². The molecule has 0 saturated carbocycles. The van der Waals surface area contributed by atoms with Gasteiger partial charge in [-0.15, -0.1) is 11.8 Å². The lowest BCUT2D eigenvalue weighted by atomic mass is 10.1. The maximum atomic E-state index is 12.5. The third-order valence-corrected chi connectivity index (χ3v) is 6.97. The van der Waals surface area contributed by atoms with Gasteiger partial charge in [-0.25, -0.2) is 5.43 Å². The van der Waals surface area contributed by atoms with Crippen molar-refractivity contribution in [1.82, 2.24) is 9.99 Å². The number of para-hydroxylation sites is 1. The molecule has 4 nitrogen and oxygen atoms in total. The predicted molar refractivity (Wildman–Crippen MR) is 142 cm³/mol. The minimum Gasteiger partial charge on any atom is -0.318 e. The maximum absolute atomic E-state index is 12.5. The van der Waals surface area contributed by atoms with Crippen LogP contribution in [0.5, 0.6) is 0 Å². The molecule has 0 radical (unpaired) electrons. The highest BCUT2D eigenvalue weighted by molar-refractivity contribution is 7.98. The van der Waals surface area contributed by atoms with E-state index in [0.717, 1.165) is 43.9 Å². The first kappa shape index (κ1) is 23.9. The molecule has 0 saturated heterocycles. The van der Waals surface area contributed by atoms with E-state index >= 15 is 0 Å². The van der Waals surface area contributed by atoms with Crippen LogP contribution in [0.4, 0.5) is 0 Å². The topological polar surface area (TPSA) is 46.4 Å². The first-order chi connectivity index (χ1) is 16.4. The fourth-order valence-corrected chi connectivity index (χ4v) is 4.76. The molecule has 1 aromatic heterocycles. The van der Waals surface area contributed by atoms with Crippen molar-refractivity contribution in [2.45, 2.75) is 31.4 Å². The van der Waals surface area contributed by atoms with E-state index in [0.29, 0.717) is 5.56 Å². The first-order valence-electron chi connectivity index (χ1n) is 11.0. The van der Waals surface area contributed by atoms with Crippen molar-refractivity contribution in [3.63, 3.8) is 0 Å². The third-order valence-electron chi connectivity index (χ3n) is 5.63. The minimum atomic E-state index is -0.235. The highest BCUT2D eigenvalue weighted by atomic mass is 35.5. The monoisotopic (exact) mass is 487 g/mol. The van der Waals surface area contributed by atoms with Crippen LogP contribution in [0.15, 0.2) is 88.9 Å². The molecule has 0 aliphatic rings. The highest BCUT2D eigenvalue weighted by Gasteiger charge is 2.11. The van der Waals surface area contributed by atoms with Gasteiger partial charge in [0, 0.05) is 43.9 Å². The average Bonchev–Trinajstić information content (AvgIpc) is 3.12. The van der Waals surface area contributed by atoms with Crippen molar-refractivity contribution >= 4 is 35.5 Å². The number of aryl methyl sites for hydroxylation is 2. The molecule has 0 fully saturated rings. The molecule has 1 N–H and O–H groups in total. The molecular formula is C28H26ClN3OS. The zero-order valence-corrected chi connectivity index (χ0v) is 21.0. The van der Waals surface area contributed by atoms with Gasteiger partial charge in [0.15, 0.2) is 0 Å². The number of thioether (sulfide) groups is 1. The molecule has 0 bridgehead atoms. The summed E-state index contributed by atoms with van der Waals surface area (Å²) in [6.45, 7) is 6.23. The zero-order valence-electron chi connectivity index (χ0n) is 19.4. The van der Waals surface area contributed by atoms with Crippen LogP contribution in [0.1, 0.15) is 38.4 Å². The summed E-state index contributed by atoms with van der Waals surface area (Å²) in [6, 6.07) is 25.7. The molecule has 0 aliphatic heterocycles. The number of hydrazone groups is 1. The standard InChI is InChI=1S/C28H26ClN3OS/c1-19-6-4-5-7-27(19)32-20(2)16-24(21(32)3)17-30-31-28(33)23-10-8-22(9-11-23)18-34-26-14-12-25(29)13-15-26/h4-17H,18H2,1-3H3,(H,31,33)/b30-17-. The lowest BCUT2D eigenvalue weighted by Crippen LogP contribution is -2.17. The van der Waals surface area contributed by atoms with Crippen LogP contribution in [0.3, 0.4) is 0 Å². The van der Waals surface area contributed by atoms with Crippen molar-refractivity contribution in [3.05, 3.63) is 118 Å². The second-order valence-electron chi connectivity index (χ2n) is 8.09. The van der Waals surface area contributed by atoms with E-state index in [1.165, 1.54) is 5.56 Å². The molecule has 4 rings (SSSR count). The van der Waals surface area contributed by atoms with Gasteiger partial charge in [0.2, 0.25) is 0 Å². The fourth-order valence-electron chi connectivity index (χ4n) is 3.78. The normalized spacial score (nSPS) is 11.2. The van der Waals surface area contributed by atoms with Crippen molar-refractivity contribution in [3.8, 4) is 5.69 Å². The van der Waals surface area contributed by atoms with Crippen molar-refractivity contribution in [2.75, 3.05) is 0 Å². The predicted octanol–water partition coefficient (Wildman–Crippen LogP) is 7.11. The van der Waals surface area contributed by atoms with Crippen LogP contribution >= 0.6 is 23.4 Å². The van der Waals surface area contributed by atoms with Gasteiger partial charge in [-0.2, -0.15) is 5.10 Å². The molecule has 0 atom stereocenters. The van der Waals surface area contributed by atoms with Crippen molar-refractivity contribution in [2.24, 2.45) is 5.10 Å². The number of carbonyl (C=O) groups is 1. The molecule has 0 unspecified atom stereocenters. The molecule has 1 amide bonds. The Labute approximate surface area is 209 Å². The Kier molecular flexibility index (Phi) is 7.56. The van der Waals surface area contributed by atoms with Crippen LogP contribution in [0.2, 0.25) is 5.02 Å². The summed E-state index contributed by atoms with van der Waals surface area (Å²) >= 11 is 7.66. The third kappa shape index (κ3) is 5.61. The van der Waals surface area contributed by atoms with Gasteiger partial charge in [0.05, 0.1) is 6.21 Å². The van der Waals surface area contributed by atoms with Crippen LogP contribution in [-0.2, 0) is 5.75 Å². The number of amides is 1. The molecule has 3 aromatic carbocycles.